The van der Waals surface area contributed by atoms with Crippen molar-refractivity contribution >= 4 is 11.8 Å². The lowest BCUT2D eigenvalue weighted by Gasteiger charge is -2.47. The maximum atomic E-state index is 11.9. The molecule has 5 heteroatoms. The summed E-state index contributed by atoms with van der Waals surface area (Å²) in [5, 5.41) is 12.5. The number of aliphatic hydroxyl groups is 1. The van der Waals surface area contributed by atoms with Crippen molar-refractivity contribution in [2.24, 2.45) is 0 Å². The maximum absolute atomic E-state index is 11.9. The van der Waals surface area contributed by atoms with Crippen LogP contribution in [0.25, 0.3) is 0 Å². The molecule has 1 aromatic carbocycles. The molecule has 2 aliphatic heterocycles. The minimum atomic E-state index is -0.469. The topological polar surface area (TPSA) is 61.8 Å². The van der Waals surface area contributed by atoms with Crippen LogP contribution >= 0.6 is 0 Å². The molecule has 0 aromatic heterocycles. The maximum Gasteiger partial charge on any atom is 0.412 e. The summed E-state index contributed by atoms with van der Waals surface area (Å²) in [6, 6.07) is 8.55. The zero-order valence-corrected chi connectivity index (χ0v) is 13.3. The SMILES string of the molecule is O=C1Nc2ccccc2C2(CCN(C3CCC(O)CC3)CC2)O1.[HH]. The van der Waals surface area contributed by atoms with Crippen LogP contribution in [0.2, 0.25) is 0 Å². The van der Waals surface area contributed by atoms with Gasteiger partial charge in [-0.15, -0.1) is 0 Å². The van der Waals surface area contributed by atoms with Gasteiger partial charge in [0.1, 0.15) is 5.60 Å². The van der Waals surface area contributed by atoms with Crippen LogP contribution in [0.1, 0.15) is 45.5 Å². The second-order valence-corrected chi connectivity index (χ2v) is 7.05. The van der Waals surface area contributed by atoms with Crippen molar-refractivity contribution in [3.8, 4) is 0 Å². The second-order valence-electron chi connectivity index (χ2n) is 7.05. The highest BCUT2D eigenvalue weighted by molar-refractivity contribution is 5.88. The Hall–Kier alpha value is -1.59. The molecule has 0 atom stereocenters. The summed E-state index contributed by atoms with van der Waals surface area (Å²) in [6.45, 7) is 1.89. The molecule has 1 saturated heterocycles. The van der Waals surface area contributed by atoms with Crippen molar-refractivity contribution in [1.82, 2.24) is 4.90 Å². The molecule has 5 nitrogen and oxygen atoms in total. The number of aliphatic hydroxyl groups excluding tert-OH is 1. The highest BCUT2D eigenvalue weighted by Crippen LogP contribution is 2.44. The largest absolute Gasteiger partial charge is 0.438 e. The summed E-state index contributed by atoms with van der Waals surface area (Å²) in [6.07, 6.45) is 5.21. The molecule has 126 valence electrons. The number of para-hydroxylation sites is 1. The van der Waals surface area contributed by atoms with Crippen molar-refractivity contribution in [3.63, 3.8) is 0 Å². The van der Waals surface area contributed by atoms with Gasteiger partial charge in [0.15, 0.2) is 0 Å². The number of nitrogens with zero attached hydrogens (tertiary/aromatic N) is 1. The van der Waals surface area contributed by atoms with Crippen LogP contribution in [0, 0.1) is 0 Å². The summed E-state index contributed by atoms with van der Waals surface area (Å²) in [5.74, 6) is 0. The predicted molar refractivity (Wildman–Crippen MR) is 89.4 cm³/mol. The zero-order valence-electron chi connectivity index (χ0n) is 13.3. The van der Waals surface area contributed by atoms with Gasteiger partial charge in [-0.05, 0) is 31.7 Å². The number of rotatable bonds is 1. The minimum Gasteiger partial charge on any atom is -0.438 e. The van der Waals surface area contributed by atoms with Gasteiger partial charge in [-0.2, -0.15) is 0 Å². The first-order chi connectivity index (χ1) is 11.2. The summed E-state index contributed by atoms with van der Waals surface area (Å²) >= 11 is 0. The molecular weight excluding hydrogens is 292 g/mol. The first kappa shape index (κ1) is 15.0. The fourth-order valence-corrected chi connectivity index (χ4v) is 4.40. The van der Waals surface area contributed by atoms with Gasteiger partial charge in [0.2, 0.25) is 0 Å². The molecule has 2 heterocycles. The molecule has 4 rings (SSSR count). The standard InChI is InChI=1S/C18H24N2O3.H2/c21-14-7-5-13(6-8-14)20-11-9-18(10-12-20)15-3-1-2-4-16(15)19-17(22)23-18;/h1-4,13-14,21H,5-12H2,(H,19,22);1H. The van der Waals surface area contributed by atoms with Crippen molar-refractivity contribution in [2.45, 2.75) is 56.3 Å². The number of likely N-dealkylation sites (tertiary alicyclic amines) is 1. The Morgan fingerprint density at radius 2 is 1.87 bits per heavy atom. The van der Waals surface area contributed by atoms with Crippen molar-refractivity contribution in [1.29, 1.82) is 0 Å². The van der Waals surface area contributed by atoms with Crippen LogP contribution in [-0.2, 0) is 10.3 Å². The average Bonchev–Trinajstić information content (AvgIpc) is 2.56. The molecular formula is C18H26N2O3. The van der Waals surface area contributed by atoms with E-state index in [0.29, 0.717) is 6.04 Å². The van der Waals surface area contributed by atoms with Crippen molar-refractivity contribution in [3.05, 3.63) is 29.8 Å². The van der Waals surface area contributed by atoms with Gasteiger partial charge in [0.05, 0.1) is 11.8 Å². The fraction of sp³-hybridized carbons (Fsp3) is 0.611. The molecule has 0 bridgehead atoms. The number of nitrogens with one attached hydrogen (secondary N) is 1. The van der Waals surface area contributed by atoms with E-state index in [1.807, 2.05) is 18.2 Å². The summed E-state index contributed by atoms with van der Waals surface area (Å²) in [5.41, 5.74) is 1.53. The van der Waals surface area contributed by atoms with E-state index in [4.69, 9.17) is 4.74 Å². The van der Waals surface area contributed by atoms with Gasteiger partial charge in [0, 0.05) is 39.0 Å². The lowest BCUT2D eigenvalue weighted by Crippen LogP contribution is -2.51. The number of carbonyl (C=O) groups excluding carboxylic acids is 1. The van der Waals surface area contributed by atoms with E-state index in [9.17, 15) is 9.90 Å². The fourth-order valence-electron chi connectivity index (χ4n) is 4.40. The molecule has 1 spiro atoms. The summed E-state index contributed by atoms with van der Waals surface area (Å²) in [7, 11) is 0. The second kappa shape index (κ2) is 5.80. The molecule has 2 fully saturated rings. The van der Waals surface area contributed by atoms with Crippen molar-refractivity contribution < 1.29 is 16.1 Å². The first-order valence-electron chi connectivity index (χ1n) is 8.68. The highest BCUT2D eigenvalue weighted by Gasteiger charge is 2.45. The van der Waals surface area contributed by atoms with E-state index in [-0.39, 0.29) is 13.6 Å². The molecule has 1 amide bonds. The first-order valence-corrected chi connectivity index (χ1v) is 8.68. The van der Waals surface area contributed by atoms with E-state index >= 15 is 0 Å². The molecule has 1 aromatic rings. The van der Waals surface area contributed by atoms with Gasteiger partial charge >= 0.3 is 6.09 Å². The predicted octanol–water partition coefficient (Wildman–Crippen LogP) is 3.09. The number of carbonyl (C=O) groups is 1. The Morgan fingerprint density at radius 1 is 1.17 bits per heavy atom. The van der Waals surface area contributed by atoms with Crippen LogP contribution < -0.4 is 5.32 Å². The monoisotopic (exact) mass is 318 g/mol. The molecule has 3 aliphatic rings. The number of anilines is 1. The van der Waals surface area contributed by atoms with Crippen LogP contribution in [-0.4, -0.2) is 41.3 Å². The van der Waals surface area contributed by atoms with Crippen LogP contribution in [0.5, 0.6) is 0 Å². The number of hydrogen-bond acceptors (Lipinski definition) is 4. The Kier molecular flexibility index (Phi) is 3.77. The summed E-state index contributed by atoms with van der Waals surface area (Å²) < 4.78 is 5.78. The van der Waals surface area contributed by atoms with E-state index < -0.39 is 5.60 Å². The molecule has 23 heavy (non-hydrogen) atoms. The Balaban J connectivity index is 0.00000169. The van der Waals surface area contributed by atoms with Gasteiger partial charge in [0.25, 0.3) is 0 Å². The molecule has 1 aliphatic carbocycles. The Labute approximate surface area is 138 Å². The van der Waals surface area contributed by atoms with Gasteiger partial charge < -0.3 is 14.7 Å². The third kappa shape index (κ3) is 2.72. The van der Waals surface area contributed by atoms with E-state index in [0.717, 1.165) is 62.9 Å². The third-order valence-electron chi connectivity index (χ3n) is 5.73. The van der Waals surface area contributed by atoms with Gasteiger partial charge in [-0.25, -0.2) is 4.79 Å². The number of benzene rings is 1. The molecule has 2 N–H and O–H groups in total. The van der Waals surface area contributed by atoms with E-state index in [1.165, 1.54) is 0 Å². The molecule has 1 saturated carbocycles. The smallest absolute Gasteiger partial charge is 0.412 e. The van der Waals surface area contributed by atoms with Crippen molar-refractivity contribution in [2.75, 3.05) is 18.4 Å². The Morgan fingerprint density at radius 3 is 2.61 bits per heavy atom. The molecule has 0 unspecified atom stereocenters. The average molecular weight is 318 g/mol. The lowest BCUT2D eigenvalue weighted by molar-refractivity contribution is -0.0519. The molecule has 0 radical (unpaired) electrons. The van der Waals surface area contributed by atoms with E-state index in [2.05, 4.69) is 16.3 Å². The quantitative estimate of drug-likeness (QED) is 0.835. The normalized spacial score (nSPS) is 30.4. The van der Waals surface area contributed by atoms with Crippen LogP contribution in [0.3, 0.4) is 0 Å². The zero-order chi connectivity index (χ0) is 15.9. The minimum absolute atomic E-state index is 0. The van der Waals surface area contributed by atoms with Crippen LogP contribution in [0.4, 0.5) is 10.5 Å². The Bertz CT molecular complexity index is 594. The number of amides is 1. The van der Waals surface area contributed by atoms with Crippen LogP contribution in [0.15, 0.2) is 24.3 Å². The number of ether oxygens (including phenoxy) is 1. The number of hydrogen-bond donors (Lipinski definition) is 2. The van der Waals surface area contributed by atoms with Gasteiger partial charge in [-0.3, -0.25) is 5.32 Å². The lowest BCUT2D eigenvalue weighted by atomic mass is 9.81. The van der Waals surface area contributed by atoms with Gasteiger partial charge in [-0.1, -0.05) is 18.2 Å². The number of piperidine rings is 1. The number of fused-ring (bicyclic) bond motifs is 2. The summed E-state index contributed by atoms with van der Waals surface area (Å²) in [4.78, 5) is 14.5. The van der Waals surface area contributed by atoms with E-state index in [1.54, 1.807) is 0 Å². The third-order valence-corrected chi connectivity index (χ3v) is 5.73. The highest BCUT2D eigenvalue weighted by atomic mass is 16.6.